The third-order valence-electron chi connectivity index (χ3n) is 5.30. The lowest BCUT2D eigenvalue weighted by Crippen LogP contribution is -2.47. The molecular weight excluding hydrogens is 452 g/mol. The van der Waals surface area contributed by atoms with E-state index in [-0.39, 0.29) is 19.0 Å². The van der Waals surface area contributed by atoms with E-state index in [4.69, 9.17) is 23.7 Å². The lowest BCUT2D eigenvalue weighted by Gasteiger charge is -2.37. The van der Waals surface area contributed by atoms with Crippen LogP contribution in [0.25, 0.3) is 6.08 Å². The Balaban J connectivity index is 1.92. The molecule has 9 heteroatoms. The van der Waals surface area contributed by atoms with Crippen molar-refractivity contribution in [2.75, 3.05) is 51.3 Å². The van der Waals surface area contributed by atoms with Crippen LogP contribution >= 0.6 is 0 Å². The Morgan fingerprint density at radius 3 is 2.00 bits per heavy atom. The van der Waals surface area contributed by atoms with Crippen molar-refractivity contribution in [2.45, 2.75) is 26.4 Å². The van der Waals surface area contributed by atoms with Crippen LogP contribution in [0.5, 0.6) is 23.0 Å². The predicted octanol–water partition coefficient (Wildman–Crippen LogP) is 4.52. The summed E-state index contributed by atoms with van der Waals surface area (Å²) in [5.41, 5.74) is 1.19. The van der Waals surface area contributed by atoms with Crippen molar-refractivity contribution in [2.24, 2.45) is 0 Å². The van der Waals surface area contributed by atoms with E-state index in [1.807, 2.05) is 20.8 Å². The molecule has 3 rings (SSSR count). The van der Waals surface area contributed by atoms with E-state index in [9.17, 15) is 9.59 Å². The highest BCUT2D eigenvalue weighted by molar-refractivity contribution is 6.08. The van der Waals surface area contributed by atoms with Crippen LogP contribution in [0.4, 0.5) is 16.2 Å². The third-order valence-corrected chi connectivity index (χ3v) is 5.30. The molecule has 0 bridgehead atoms. The molecule has 2 amide bonds. The van der Waals surface area contributed by atoms with E-state index in [2.05, 4.69) is 0 Å². The number of nitrogens with zero attached hydrogens (tertiary/aromatic N) is 2. The zero-order valence-corrected chi connectivity index (χ0v) is 21.2. The van der Waals surface area contributed by atoms with Crippen molar-refractivity contribution in [1.82, 2.24) is 0 Å². The molecule has 0 atom stereocenters. The van der Waals surface area contributed by atoms with Gasteiger partial charge in [-0.1, -0.05) is 0 Å². The minimum absolute atomic E-state index is 0.253. The van der Waals surface area contributed by atoms with Gasteiger partial charge in [0, 0.05) is 25.2 Å². The second-order valence-corrected chi connectivity index (χ2v) is 8.77. The molecule has 1 aliphatic heterocycles. The Kier molecular flexibility index (Phi) is 7.78. The molecule has 0 unspecified atom stereocenters. The number of fused-ring (bicyclic) bond motifs is 1. The van der Waals surface area contributed by atoms with Crippen LogP contribution in [0.15, 0.2) is 36.4 Å². The van der Waals surface area contributed by atoms with Crippen LogP contribution in [-0.4, -0.2) is 59.1 Å². The first-order valence-electron chi connectivity index (χ1n) is 11.1. The number of rotatable bonds is 6. The normalized spacial score (nSPS) is 13.3. The van der Waals surface area contributed by atoms with Crippen molar-refractivity contribution in [1.29, 1.82) is 0 Å². The molecule has 188 valence electrons. The van der Waals surface area contributed by atoms with Gasteiger partial charge in [0.05, 0.1) is 39.8 Å². The molecule has 0 aliphatic carbocycles. The number of hydrogen-bond donors (Lipinski definition) is 0. The SMILES string of the molecule is COc1ccc2c(c1)N(C(=O)C=Cc1cc(OC)c(OC)c(OC)c1)CCN2C(=O)OC(C)(C)C. The summed E-state index contributed by atoms with van der Waals surface area (Å²) in [5.74, 6) is 1.76. The summed E-state index contributed by atoms with van der Waals surface area (Å²) >= 11 is 0. The van der Waals surface area contributed by atoms with E-state index in [0.717, 1.165) is 0 Å². The topological polar surface area (TPSA) is 86.8 Å². The van der Waals surface area contributed by atoms with Gasteiger partial charge in [0.1, 0.15) is 11.4 Å². The molecule has 0 fully saturated rings. The summed E-state index contributed by atoms with van der Waals surface area (Å²) in [6.07, 6.45) is 2.67. The van der Waals surface area contributed by atoms with Gasteiger partial charge in [-0.2, -0.15) is 0 Å². The second-order valence-electron chi connectivity index (χ2n) is 8.77. The molecule has 1 aliphatic rings. The van der Waals surface area contributed by atoms with E-state index in [1.165, 1.54) is 32.3 Å². The summed E-state index contributed by atoms with van der Waals surface area (Å²) in [7, 11) is 6.14. The Labute approximate surface area is 205 Å². The summed E-state index contributed by atoms with van der Waals surface area (Å²) in [6.45, 7) is 6.02. The van der Waals surface area contributed by atoms with Crippen LogP contribution < -0.4 is 28.7 Å². The van der Waals surface area contributed by atoms with Gasteiger partial charge in [-0.05, 0) is 56.7 Å². The van der Waals surface area contributed by atoms with Crippen molar-refractivity contribution in [3.05, 3.63) is 42.0 Å². The zero-order chi connectivity index (χ0) is 25.8. The highest BCUT2D eigenvalue weighted by Gasteiger charge is 2.32. The fourth-order valence-corrected chi connectivity index (χ4v) is 3.71. The summed E-state index contributed by atoms with van der Waals surface area (Å²) in [6, 6.07) is 8.73. The van der Waals surface area contributed by atoms with Gasteiger partial charge < -0.3 is 28.6 Å². The largest absolute Gasteiger partial charge is 0.497 e. The number of carbonyl (C=O) groups is 2. The molecular formula is C26H32N2O7. The quantitative estimate of drug-likeness (QED) is 0.557. The number of ether oxygens (including phenoxy) is 5. The van der Waals surface area contributed by atoms with E-state index >= 15 is 0 Å². The van der Waals surface area contributed by atoms with Crippen molar-refractivity contribution in [3.8, 4) is 23.0 Å². The predicted molar refractivity (Wildman–Crippen MR) is 134 cm³/mol. The maximum atomic E-state index is 13.2. The van der Waals surface area contributed by atoms with Gasteiger partial charge in [-0.15, -0.1) is 0 Å². The van der Waals surface area contributed by atoms with Crippen LogP contribution in [0.3, 0.4) is 0 Å². The van der Waals surface area contributed by atoms with Gasteiger partial charge in [0.25, 0.3) is 5.91 Å². The highest BCUT2D eigenvalue weighted by atomic mass is 16.6. The maximum absolute atomic E-state index is 13.2. The molecule has 0 radical (unpaired) electrons. The van der Waals surface area contributed by atoms with Crippen LogP contribution in [-0.2, 0) is 9.53 Å². The van der Waals surface area contributed by atoms with E-state index in [1.54, 1.807) is 48.4 Å². The molecule has 0 saturated heterocycles. The molecule has 1 heterocycles. The van der Waals surface area contributed by atoms with Crippen molar-refractivity contribution >= 4 is 29.5 Å². The zero-order valence-electron chi connectivity index (χ0n) is 21.2. The van der Waals surface area contributed by atoms with Crippen LogP contribution in [0.1, 0.15) is 26.3 Å². The van der Waals surface area contributed by atoms with Gasteiger partial charge in [-0.3, -0.25) is 9.69 Å². The van der Waals surface area contributed by atoms with Crippen LogP contribution in [0, 0.1) is 0 Å². The Bertz CT molecular complexity index is 1100. The Morgan fingerprint density at radius 2 is 1.46 bits per heavy atom. The first kappa shape index (κ1) is 25.7. The number of hydrogen-bond acceptors (Lipinski definition) is 7. The van der Waals surface area contributed by atoms with Crippen LogP contribution in [0.2, 0.25) is 0 Å². The smallest absolute Gasteiger partial charge is 0.414 e. The maximum Gasteiger partial charge on any atom is 0.414 e. The highest BCUT2D eigenvalue weighted by Crippen LogP contribution is 2.39. The number of carbonyl (C=O) groups excluding carboxylic acids is 2. The standard InChI is InChI=1S/C26H32N2O7/c1-26(2,3)35-25(30)28-13-12-27(20-16-18(31-4)9-10-19(20)28)23(29)11-8-17-14-21(32-5)24(34-7)22(15-17)33-6/h8-11,14-16H,12-13H2,1-7H3. The second kappa shape index (κ2) is 10.6. The first-order valence-corrected chi connectivity index (χ1v) is 11.1. The van der Waals surface area contributed by atoms with E-state index < -0.39 is 11.7 Å². The van der Waals surface area contributed by atoms with Gasteiger partial charge in [-0.25, -0.2) is 4.79 Å². The molecule has 35 heavy (non-hydrogen) atoms. The minimum atomic E-state index is -0.639. The number of amides is 2. The van der Waals surface area contributed by atoms with Gasteiger partial charge in [0.2, 0.25) is 5.75 Å². The Hall–Kier alpha value is -3.88. The monoisotopic (exact) mass is 484 g/mol. The van der Waals surface area contributed by atoms with Gasteiger partial charge in [0.15, 0.2) is 11.5 Å². The average molecular weight is 485 g/mol. The lowest BCUT2D eigenvalue weighted by atomic mass is 10.1. The fraction of sp³-hybridized carbons (Fsp3) is 0.385. The minimum Gasteiger partial charge on any atom is -0.497 e. The fourth-order valence-electron chi connectivity index (χ4n) is 3.71. The van der Waals surface area contributed by atoms with E-state index in [0.29, 0.717) is 39.9 Å². The number of benzene rings is 2. The number of methoxy groups -OCH3 is 4. The molecule has 0 N–H and O–H groups in total. The molecule has 0 spiro atoms. The average Bonchev–Trinajstić information content (AvgIpc) is 2.84. The van der Waals surface area contributed by atoms with Gasteiger partial charge >= 0.3 is 6.09 Å². The Morgan fingerprint density at radius 1 is 0.829 bits per heavy atom. The molecule has 2 aromatic rings. The molecule has 2 aromatic carbocycles. The summed E-state index contributed by atoms with van der Waals surface area (Å²) in [5, 5.41) is 0. The van der Waals surface area contributed by atoms with Crippen molar-refractivity contribution in [3.63, 3.8) is 0 Å². The lowest BCUT2D eigenvalue weighted by molar-refractivity contribution is -0.114. The first-order chi connectivity index (χ1) is 16.6. The third kappa shape index (κ3) is 5.79. The molecule has 9 nitrogen and oxygen atoms in total. The number of anilines is 2. The molecule has 0 aromatic heterocycles. The summed E-state index contributed by atoms with van der Waals surface area (Å²) < 4.78 is 27.0. The van der Waals surface area contributed by atoms with Crippen molar-refractivity contribution < 1.29 is 33.3 Å². The summed E-state index contributed by atoms with van der Waals surface area (Å²) in [4.78, 5) is 29.2. The molecule has 0 saturated carbocycles.